The SMILES string of the molecule is CNc1nnc(SCc2c(C#N)c(C)nn2-c2ccccc2)s1. The number of nitriles is 1. The van der Waals surface area contributed by atoms with Crippen molar-refractivity contribution in [3.8, 4) is 11.8 Å². The van der Waals surface area contributed by atoms with Crippen LogP contribution >= 0.6 is 23.1 Å². The van der Waals surface area contributed by atoms with Crippen LogP contribution in [0.1, 0.15) is 17.0 Å². The number of hydrogen-bond acceptors (Lipinski definition) is 7. The van der Waals surface area contributed by atoms with E-state index in [0.29, 0.717) is 11.3 Å². The molecule has 0 unspecified atom stereocenters. The highest BCUT2D eigenvalue weighted by Gasteiger charge is 2.17. The zero-order valence-electron chi connectivity index (χ0n) is 12.6. The summed E-state index contributed by atoms with van der Waals surface area (Å²) < 4.78 is 2.69. The Balaban J connectivity index is 1.92. The summed E-state index contributed by atoms with van der Waals surface area (Å²) in [4.78, 5) is 0. The minimum absolute atomic E-state index is 0.608. The molecule has 0 atom stereocenters. The first-order valence-electron chi connectivity index (χ1n) is 6.91. The molecule has 2 heterocycles. The van der Waals surface area contributed by atoms with Crippen LogP contribution in [0.15, 0.2) is 34.7 Å². The number of aromatic nitrogens is 4. The summed E-state index contributed by atoms with van der Waals surface area (Å²) in [5.41, 5.74) is 3.18. The van der Waals surface area contributed by atoms with Gasteiger partial charge in [0.15, 0.2) is 4.34 Å². The third-order valence-corrected chi connectivity index (χ3v) is 5.31. The molecule has 0 aliphatic carbocycles. The third kappa shape index (κ3) is 3.21. The molecule has 0 amide bonds. The van der Waals surface area contributed by atoms with Crippen molar-refractivity contribution in [3.05, 3.63) is 47.3 Å². The number of aryl methyl sites for hydroxylation is 1. The molecular weight excluding hydrogens is 328 g/mol. The lowest BCUT2D eigenvalue weighted by Crippen LogP contribution is -2.01. The number of nitrogens with zero attached hydrogens (tertiary/aromatic N) is 5. The lowest BCUT2D eigenvalue weighted by atomic mass is 10.2. The number of rotatable bonds is 5. The second kappa shape index (κ2) is 6.81. The van der Waals surface area contributed by atoms with E-state index < -0.39 is 0 Å². The second-order valence-corrected chi connectivity index (χ2v) is 6.88. The first kappa shape index (κ1) is 15.5. The van der Waals surface area contributed by atoms with Gasteiger partial charge in [-0.15, -0.1) is 10.2 Å². The fraction of sp³-hybridized carbons (Fsp3) is 0.200. The van der Waals surface area contributed by atoms with E-state index >= 15 is 0 Å². The minimum atomic E-state index is 0.608. The lowest BCUT2D eigenvalue weighted by Gasteiger charge is -2.06. The molecule has 3 aromatic rings. The maximum Gasteiger partial charge on any atom is 0.206 e. The van der Waals surface area contributed by atoms with Crippen LogP contribution in [0.5, 0.6) is 0 Å². The standard InChI is InChI=1S/C15H14N6S2/c1-10-12(8-16)13(9-22-15-19-18-14(17-2)23-15)21(20-10)11-6-4-3-5-7-11/h3-7H,9H2,1-2H3,(H,17,18). The van der Waals surface area contributed by atoms with Gasteiger partial charge in [-0.3, -0.25) is 0 Å². The van der Waals surface area contributed by atoms with Crippen LogP contribution < -0.4 is 5.32 Å². The van der Waals surface area contributed by atoms with Crippen LogP contribution in [0.3, 0.4) is 0 Å². The van der Waals surface area contributed by atoms with E-state index in [9.17, 15) is 5.26 Å². The summed E-state index contributed by atoms with van der Waals surface area (Å²) in [7, 11) is 1.82. The summed E-state index contributed by atoms with van der Waals surface area (Å²) in [6.45, 7) is 1.86. The van der Waals surface area contributed by atoms with E-state index in [4.69, 9.17) is 0 Å². The maximum absolute atomic E-state index is 9.45. The molecule has 0 saturated carbocycles. The number of anilines is 1. The summed E-state index contributed by atoms with van der Waals surface area (Å²) in [5.74, 6) is 0.608. The van der Waals surface area contributed by atoms with Gasteiger partial charge < -0.3 is 5.32 Å². The zero-order valence-corrected chi connectivity index (χ0v) is 14.3. The van der Waals surface area contributed by atoms with Crippen molar-refractivity contribution in [3.63, 3.8) is 0 Å². The second-order valence-electron chi connectivity index (χ2n) is 4.68. The molecule has 0 bridgehead atoms. The molecule has 6 nitrogen and oxygen atoms in total. The van der Waals surface area contributed by atoms with Gasteiger partial charge in [0.1, 0.15) is 6.07 Å². The van der Waals surface area contributed by atoms with Crippen LogP contribution in [0.25, 0.3) is 5.69 Å². The van der Waals surface area contributed by atoms with Crippen molar-refractivity contribution in [1.29, 1.82) is 5.26 Å². The highest BCUT2D eigenvalue weighted by molar-refractivity contribution is 8.00. The summed E-state index contributed by atoms with van der Waals surface area (Å²) in [5, 5.41) is 25.9. The molecule has 0 fully saturated rings. The van der Waals surface area contributed by atoms with Gasteiger partial charge in [0, 0.05) is 12.8 Å². The first-order chi connectivity index (χ1) is 11.2. The smallest absolute Gasteiger partial charge is 0.206 e. The Hall–Kier alpha value is -2.37. The first-order valence-corrected chi connectivity index (χ1v) is 8.71. The zero-order chi connectivity index (χ0) is 16.2. The minimum Gasteiger partial charge on any atom is -0.363 e. The van der Waals surface area contributed by atoms with Gasteiger partial charge in [-0.1, -0.05) is 41.3 Å². The average molecular weight is 342 g/mol. The van der Waals surface area contributed by atoms with Gasteiger partial charge in [-0.25, -0.2) is 4.68 Å². The molecule has 2 aromatic heterocycles. The topological polar surface area (TPSA) is 79.4 Å². The van der Waals surface area contributed by atoms with Gasteiger partial charge in [-0.2, -0.15) is 10.4 Å². The molecule has 8 heteroatoms. The van der Waals surface area contributed by atoms with Crippen LogP contribution in [0.4, 0.5) is 5.13 Å². The fourth-order valence-corrected chi connectivity index (χ4v) is 3.84. The summed E-state index contributed by atoms with van der Waals surface area (Å²) in [6, 6.07) is 12.1. The normalized spacial score (nSPS) is 10.5. The van der Waals surface area contributed by atoms with Crippen molar-refractivity contribution in [2.45, 2.75) is 17.0 Å². The monoisotopic (exact) mass is 342 g/mol. The fourth-order valence-electron chi connectivity index (χ4n) is 2.14. The largest absolute Gasteiger partial charge is 0.363 e. The van der Waals surface area contributed by atoms with Crippen molar-refractivity contribution in [2.75, 3.05) is 12.4 Å². The number of hydrogen-bond donors (Lipinski definition) is 1. The van der Waals surface area contributed by atoms with Gasteiger partial charge >= 0.3 is 0 Å². The molecule has 0 saturated heterocycles. The summed E-state index contributed by atoms with van der Waals surface area (Å²) >= 11 is 3.05. The molecule has 1 aromatic carbocycles. The van der Waals surface area contributed by atoms with Gasteiger partial charge in [0.05, 0.1) is 22.6 Å². The Morgan fingerprint density at radius 2 is 2.09 bits per heavy atom. The average Bonchev–Trinajstić information content (AvgIpc) is 3.17. The molecule has 3 rings (SSSR count). The number of nitrogens with one attached hydrogen (secondary N) is 1. The van der Waals surface area contributed by atoms with Gasteiger partial charge in [-0.05, 0) is 19.1 Å². The van der Waals surface area contributed by atoms with Crippen LogP contribution in [-0.2, 0) is 5.75 Å². The Bertz CT molecular complexity index is 847. The molecule has 0 spiro atoms. The van der Waals surface area contributed by atoms with Crippen molar-refractivity contribution in [2.24, 2.45) is 0 Å². The molecule has 23 heavy (non-hydrogen) atoms. The van der Waals surface area contributed by atoms with Crippen LogP contribution in [0, 0.1) is 18.3 Å². The number of thioether (sulfide) groups is 1. The molecule has 1 N–H and O–H groups in total. The van der Waals surface area contributed by atoms with E-state index in [2.05, 4.69) is 26.7 Å². The molecule has 116 valence electrons. The quantitative estimate of drug-likeness (QED) is 0.717. The summed E-state index contributed by atoms with van der Waals surface area (Å²) in [6.07, 6.45) is 0. The van der Waals surface area contributed by atoms with E-state index in [1.165, 1.54) is 11.3 Å². The van der Waals surface area contributed by atoms with Crippen LogP contribution in [-0.4, -0.2) is 27.0 Å². The van der Waals surface area contributed by atoms with E-state index in [1.807, 2.05) is 49.0 Å². The number of para-hydroxylation sites is 1. The van der Waals surface area contributed by atoms with E-state index in [0.717, 1.165) is 26.5 Å². The molecule has 0 radical (unpaired) electrons. The van der Waals surface area contributed by atoms with Crippen molar-refractivity contribution >= 4 is 28.2 Å². The van der Waals surface area contributed by atoms with Crippen LogP contribution in [0.2, 0.25) is 0 Å². The van der Waals surface area contributed by atoms with E-state index in [1.54, 1.807) is 11.8 Å². The third-order valence-electron chi connectivity index (χ3n) is 3.22. The van der Waals surface area contributed by atoms with E-state index in [-0.39, 0.29) is 0 Å². The number of benzene rings is 1. The Morgan fingerprint density at radius 3 is 2.74 bits per heavy atom. The molecular formula is C15H14N6S2. The highest BCUT2D eigenvalue weighted by atomic mass is 32.2. The Labute approximate surface area is 142 Å². The highest BCUT2D eigenvalue weighted by Crippen LogP contribution is 2.30. The van der Waals surface area contributed by atoms with Crippen molar-refractivity contribution < 1.29 is 0 Å². The Kier molecular flexibility index (Phi) is 4.60. The molecule has 0 aliphatic heterocycles. The lowest BCUT2D eigenvalue weighted by molar-refractivity contribution is 0.828. The Morgan fingerprint density at radius 1 is 1.30 bits per heavy atom. The predicted molar refractivity (Wildman–Crippen MR) is 92.0 cm³/mol. The van der Waals surface area contributed by atoms with Gasteiger partial charge in [0.2, 0.25) is 5.13 Å². The van der Waals surface area contributed by atoms with Crippen molar-refractivity contribution in [1.82, 2.24) is 20.0 Å². The maximum atomic E-state index is 9.45. The molecule has 0 aliphatic rings. The predicted octanol–water partition coefficient (Wildman–Crippen LogP) is 3.24. The van der Waals surface area contributed by atoms with Gasteiger partial charge in [0.25, 0.3) is 0 Å².